The molecule has 0 saturated heterocycles. The molecule has 0 spiro atoms. The maximum Gasteiger partial charge on any atom is 0.303 e. The lowest BCUT2D eigenvalue weighted by atomic mass is 9.90. The van der Waals surface area contributed by atoms with Crippen LogP contribution >= 0.6 is 0 Å². The minimum Gasteiger partial charge on any atom is -0.481 e. The zero-order valence-electron chi connectivity index (χ0n) is 10.7. The maximum atomic E-state index is 10.3. The summed E-state index contributed by atoms with van der Waals surface area (Å²) in [7, 11) is 1.72. The number of unbranched alkanes of at least 4 members (excludes halogenated alkanes) is 1. The molecular weight excluding hydrogens is 206 g/mol. The minimum absolute atomic E-state index is 0.239. The number of aliphatic carboxylic acids is 1. The van der Waals surface area contributed by atoms with E-state index in [-0.39, 0.29) is 11.8 Å². The second kappa shape index (κ2) is 8.53. The van der Waals surface area contributed by atoms with Crippen molar-refractivity contribution in [3.8, 4) is 0 Å². The highest BCUT2D eigenvalue weighted by Crippen LogP contribution is 2.18. The number of carboxylic acids is 1. The Morgan fingerprint density at radius 1 is 1.38 bits per heavy atom. The molecule has 0 aromatic rings. The molecule has 0 aliphatic heterocycles. The van der Waals surface area contributed by atoms with Gasteiger partial charge in [0.2, 0.25) is 0 Å². The van der Waals surface area contributed by atoms with Crippen molar-refractivity contribution in [1.82, 2.24) is 5.32 Å². The molecule has 0 aliphatic rings. The van der Waals surface area contributed by atoms with E-state index < -0.39 is 5.97 Å². The van der Waals surface area contributed by atoms with Crippen molar-refractivity contribution in [2.75, 3.05) is 26.8 Å². The van der Waals surface area contributed by atoms with E-state index >= 15 is 0 Å². The van der Waals surface area contributed by atoms with Gasteiger partial charge in [-0.1, -0.05) is 13.8 Å². The molecule has 0 aromatic heterocycles. The third kappa shape index (κ3) is 9.93. The van der Waals surface area contributed by atoms with Crippen LogP contribution in [0.15, 0.2) is 0 Å². The Morgan fingerprint density at radius 3 is 2.62 bits per heavy atom. The van der Waals surface area contributed by atoms with Crippen LogP contribution in [-0.4, -0.2) is 37.9 Å². The van der Waals surface area contributed by atoms with Gasteiger partial charge in [-0.25, -0.2) is 0 Å². The van der Waals surface area contributed by atoms with Crippen LogP contribution in [0, 0.1) is 5.41 Å². The standard InChI is InChI=1S/C12H25NO3/c1-12(2,7-9-16-3)10-13-8-5-4-6-11(14)15/h13H,4-10H2,1-3H3,(H,14,15). The zero-order valence-corrected chi connectivity index (χ0v) is 10.7. The van der Waals surface area contributed by atoms with Crippen molar-refractivity contribution in [2.24, 2.45) is 5.41 Å². The lowest BCUT2D eigenvalue weighted by Crippen LogP contribution is -2.31. The van der Waals surface area contributed by atoms with Crippen LogP contribution in [0.2, 0.25) is 0 Å². The molecule has 4 heteroatoms. The number of carboxylic acid groups (broad SMARTS) is 1. The molecule has 0 unspecified atom stereocenters. The van der Waals surface area contributed by atoms with E-state index in [4.69, 9.17) is 9.84 Å². The van der Waals surface area contributed by atoms with Crippen LogP contribution in [0.5, 0.6) is 0 Å². The van der Waals surface area contributed by atoms with Crippen molar-refractivity contribution in [1.29, 1.82) is 0 Å². The Balaban J connectivity index is 3.39. The predicted molar refractivity (Wildman–Crippen MR) is 64.6 cm³/mol. The van der Waals surface area contributed by atoms with Crippen molar-refractivity contribution in [3.63, 3.8) is 0 Å². The van der Waals surface area contributed by atoms with E-state index in [0.29, 0.717) is 0 Å². The second-order valence-electron chi connectivity index (χ2n) is 4.93. The van der Waals surface area contributed by atoms with Crippen molar-refractivity contribution in [2.45, 2.75) is 39.5 Å². The molecule has 0 heterocycles. The molecule has 0 rings (SSSR count). The quantitative estimate of drug-likeness (QED) is 0.564. The lowest BCUT2D eigenvalue weighted by molar-refractivity contribution is -0.137. The van der Waals surface area contributed by atoms with Gasteiger partial charge < -0.3 is 15.2 Å². The molecule has 0 atom stereocenters. The van der Waals surface area contributed by atoms with Gasteiger partial charge in [0.05, 0.1) is 0 Å². The second-order valence-corrected chi connectivity index (χ2v) is 4.93. The number of rotatable bonds is 10. The van der Waals surface area contributed by atoms with E-state index in [1.54, 1.807) is 7.11 Å². The third-order valence-corrected chi connectivity index (χ3v) is 2.58. The highest BCUT2D eigenvalue weighted by atomic mass is 16.5. The Hall–Kier alpha value is -0.610. The summed E-state index contributed by atoms with van der Waals surface area (Å²) < 4.78 is 5.06. The van der Waals surface area contributed by atoms with Crippen molar-refractivity contribution in [3.05, 3.63) is 0 Å². The van der Waals surface area contributed by atoms with Gasteiger partial charge in [0.1, 0.15) is 0 Å². The Bertz CT molecular complexity index is 193. The molecule has 0 aromatic carbocycles. The summed E-state index contributed by atoms with van der Waals surface area (Å²) in [6, 6.07) is 0. The molecule has 0 saturated carbocycles. The van der Waals surface area contributed by atoms with E-state index in [2.05, 4.69) is 19.2 Å². The summed E-state index contributed by atoms with van der Waals surface area (Å²) in [5, 5.41) is 11.8. The van der Waals surface area contributed by atoms with Gasteiger partial charge in [0, 0.05) is 26.7 Å². The summed E-state index contributed by atoms with van der Waals surface area (Å²) in [4.78, 5) is 10.3. The Morgan fingerprint density at radius 2 is 2.06 bits per heavy atom. The first-order valence-corrected chi connectivity index (χ1v) is 5.89. The van der Waals surface area contributed by atoms with E-state index in [1.165, 1.54) is 0 Å². The van der Waals surface area contributed by atoms with Crippen LogP contribution in [0.3, 0.4) is 0 Å². The molecule has 96 valence electrons. The summed E-state index contributed by atoms with van der Waals surface area (Å²) in [5.41, 5.74) is 0.239. The molecule has 0 radical (unpaired) electrons. The fourth-order valence-corrected chi connectivity index (χ4v) is 1.42. The summed E-state index contributed by atoms with van der Waals surface area (Å²) in [6.45, 7) is 7.04. The van der Waals surface area contributed by atoms with E-state index in [9.17, 15) is 4.79 Å². The highest BCUT2D eigenvalue weighted by molar-refractivity contribution is 5.66. The number of ether oxygens (including phenoxy) is 1. The molecule has 4 nitrogen and oxygen atoms in total. The van der Waals surface area contributed by atoms with Crippen LogP contribution in [0.25, 0.3) is 0 Å². The molecule has 16 heavy (non-hydrogen) atoms. The van der Waals surface area contributed by atoms with Crippen LogP contribution in [0.1, 0.15) is 39.5 Å². The average molecular weight is 231 g/mol. The van der Waals surface area contributed by atoms with Crippen LogP contribution in [0.4, 0.5) is 0 Å². The van der Waals surface area contributed by atoms with Gasteiger partial charge in [0.25, 0.3) is 0 Å². The Labute approximate surface area is 98.4 Å². The van der Waals surface area contributed by atoms with E-state index in [0.717, 1.165) is 39.0 Å². The molecule has 0 aliphatic carbocycles. The first-order valence-electron chi connectivity index (χ1n) is 5.89. The van der Waals surface area contributed by atoms with Gasteiger partial charge >= 0.3 is 5.97 Å². The predicted octanol–water partition coefficient (Wildman–Crippen LogP) is 1.89. The topological polar surface area (TPSA) is 58.6 Å². The van der Waals surface area contributed by atoms with E-state index in [1.807, 2.05) is 0 Å². The summed E-state index contributed by atoms with van der Waals surface area (Å²) >= 11 is 0. The average Bonchev–Trinajstić information content (AvgIpc) is 2.20. The number of methoxy groups -OCH3 is 1. The maximum absolute atomic E-state index is 10.3. The number of carbonyl (C=O) groups is 1. The Kier molecular flexibility index (Phi) is 8.21. The van der Waals surface area contributed by atoms with Gasteiger partial charge in [-0.15, -0.1) is 0 Å². The van der Waals surface area contributed by atoms with Gasteiger partial charge in [-0.05, 0) is 31.2 Å². The normalized spacial score (nSPS) is 11.7. The molecular formula is C12H25NO3. The fourth-order valence-electron chi connectivity index (χ4n) is 1.42. The molecule has 0 bridgehead atoms. The first kappa shape index (κ1) is 15.4. The lowest BCUT2D eigenvalue weighted by Gasteiger charge is -2.24. The highest BCUT2D eigenvalue weighted by Gasteiger charge is 2.16. The third-order valence-electron chi connectivity index (χ3n) is 2.58. The SMILES string of the molecule is COCCC(C)(C)CNCCCCC(=O)O. The van der Waals surface area contributed by atoms with Crippen LogP contribution < -0.4 is 5.32 Å². The van der Waals surface area contributed by atoms with Crippen molar-refractivity contribution >= 4 is 5.97 Å². The number of hydrogen-bond donors (Lipinski definition) is 2. The smallest absolute Gasteiger partial charge is 0.303 e. The van der Waals surface area contributed by atoms with Gasteiger partial charge in [-0.2, -0.15) is 0 Å². The molecule has 0 amide bonds. The first-order chi connectivity index (χ1) is 7.48. The zero-order chi connectivity index (χ0) is 12.4. The largest absolute Gasteiger partial charge is 0.481 e. The number of nitrogens with one attached hydrogen (secondary N) is 1. The van der Waals surface area contributed by atoms with Crippen molar-refractivity contribution < 1.29 is 14.6 Å². The van der Waals surface area contributed by atoms with Gasteiger partial charge in [0.15, 0.2) is 0 Å². The monoisotopic (exact) mass is 231 g/mol. The number of hydrogen-bond acceptors (Lipinski definition) is 3. The van der Waals surface area contributed by atoms with Gasteiger partial charge in [-0.3, -0.25) is 4.79 Å². The molecule has 2 N–H and O–H groups in total. The van der Waals surface area contributed by atoms with Crippen LogP contribution in [-0.2, 0) is 9.53 Å². The molecule has 0 fully saturated rings. The fraction of sp³-hybridized carbons (Fsp3) is 0.917. The minimum atomic E-state index is -0.708. The summed E-state index contributed by atoms with van der Waals surface area (Å²) in [5.74, 6) is -0.708. The summed E-state index contributed by atoms with van der Waals surface area (Å²) in [6.07, 6.45) is 2.98.